The molecule has 0 saturated carbocycles. The first-order valence-electron chi connectivity index (χ1n) is 8.79. The fourth-order valence-corrected chi connectivity index (χ4v) is 2.87. The maximum Gasteiger partial charge on any atom is 0.191 e. The zero-order valence-corrected chi connectivity index (χ0v) is 17.7. The van der Waals surface area contributed by atoms with Crippen molar-refractivity contribution in [1.82, 2.24) is 15.5 Å². The van der Waals surface area contributed by atoms with Gasteiger partial charge in [-0.3, -0.25) is 9.89 Å². The average molecular weight is 461 g/mol. The predicted molar refractivity (Wildman–Crippen MR) is 116 cm³/mol. The Kier molecular flexibility index (Phi) is 11.6. The summed E-state index contributed by atoms with van der Waals surface area (Å²) in [4.78, 5) is 9.22. The number of nitrogens with zero attached hydrogens (tertiary/aromatic N) is 3. The highest BCUT2D eigenvalue weighted by atomic mass is 127. The number of anilines is 1. The number of piperazine rings is 1. The molecule has 0 aliphatic carbocycles. The van der Waals surface area contributed by atoms with Gasteiger partial charge in [-0.15, -0.1) is 24.0 Å². The molecule has 1 fully saturated rings. The van der Waals surface area contributed by atoms with Gasteiger partial charge in [-0.1, -0.05) is 18.2 Å². The Bertz CT molecular complexity index is 478. The summed E-state index contributed by atoms with van der Waals surface area (Å²) in [7, 11) is 3.50. The lowest BCUT2D eigenvalue weighted by Crippen LogP contribution is -2.47. The van der Waals surface area contributed by atoms with Crippen LogP contribution in [0.1, 0.15) is 6.42 Å². The number of para-hydroxylation sites is 1. The molecule has 1 aliphatic rings. The van der Waals surface area contributed by atoms with Crippen LogP contribution in [0.2, 0.25) is 0 Å². The number of nitrogens with one attached hydrogen (secondary N) is 2. The monoisotopic (exact) mass is 461 g/mol. The van der Waals surface area contributed by atoms with Gasteiger partial charge >= 0.3 is 0 Å². The van der Waals surface area contributed by atoms with Crippen molar-refractivity contribution in [2.75, 3.05) is 71.5 Å². The van der Waals surface area contributed by atoms with Crippen molar-refractivity contribution in [2.24, 2.45) is 4.99 Å². The Hall–Kier alpha value is -1.06. The lowest BCUT2D eigenvalue weighted by Gasteiger charge is -2.36. The Morgan fingerprint density at radius 1 is 1.08 bits per heavy atom. The first kappa shape index (κ1) is 22.0. The van der Waals surface area contributed by atoms with Crippen molar-refractivity contribution in [1.29, 1.82) is 0 Å². The molecule has 1 aromatic carbocycles. The molecule has 0 unspecified atom stereocenters. The molecule has 2 N–H and O–H groups in total. The van der Waals surface area contributed by atoms with Crippen LogP contribution in [0.4, 0.5) is 5.69 Å². The number of rotatable bonds is 8. The molecule has 1 aromatic rings. The molecule has 142 valence electrons. The summed E-state index contributed by atoms with van der Waals surface area (Å²) in [6.07, 6.45) is 1.12. The van der Waals surface area contributed by atoms with E-state index in [4.69, 9.17) is 4.74 Å². The number of benzene rings is 1. The topological polar surface area (TPSA) is 52.1 Å². The van der Waals surface area contributed by atoms with E-state index in [0.29, 0.717) is 6.61 Å². The molecular formula is C18H32IN5O. The second-order valence-corrected chi connectivity index (χ2v) is 5.94. The summed E-state index contributed by atoms with van der Waals surface area (Å²) in [5.41, 5.74) is 1.34. The molecule has 1 heterocycles. The quantitative estimate of drug-likeness (QED) is 0.267. The Morgan fingerprint density at radius 3 is 2.40 bits per heavy atom. The number of ether oxygens (including phenoxy) is 1. The standard InChI is InChI=1S/C18H31N5O.HI/c1-19-18(21-10-16-24-2)20-9-6-11-22-12-14-23(15-13-22)17-7-4-3-5-8-17;/h3-5,7-8H,6,9-16H2,1-2H3,(H2,19,20,21);1H. The first-order chi connectivity index (χ1) is 11.8. The van der Waals surface area contributed by atoms with E-state index in [1.807, 2.05) is 0 Å². The van der Waals surface area contributed by atoms with Crippen LogP contribution < -0.4 is 15.5 Å². The Morgan fingerprint density at radius 2 is 1.76 bits per heavy atom. The van der Waals surface area contributed by atoms with Crippen LogP contribution in [-0.2, 0) is 4.74 Å². The van der Waals surface area contributed by atoms with Gasteiger partial charge in [0.2, 0.25) is 0 Å². The summed E-state index contributed by atoms with van der Waals surface area (Å²) in [5, 5.41) is 6.58. The summed E-state index contributed by atoms with van der Waals surface area (Å²) < 4.78 is 5.03. The lowest BCUT2D eigenvalue weighted by atomic mass is 10.2. The minimum Gasteiger partial charge on any atom is -0.383 e. The van der Waals surface area contributed by atoms with E-state index in [9.17, 15) is 0 Å². The fraction of sp³-hybridized carbons (Fsp3) is 0.611. The van der Waals surface area contributed by atoms with Crippen LogP contribution in [0.15, 0.2) is 35.3 Å². The van der Waals surface area contributed by atoms with Crippen molar-refractivity contribution in [2.45, 2.75) is 6.42 Å². The van der Waals surface area contributed by atoms with Crippen LogP contribution in [-0.4, -0.2) is 77.4 Å². The van der Waals surface area contributed by atoms with Gasteiger partial charge in [0.05, 0.1) is 6.61 Å². The maximum atomic E-state index is 5.03. The number of halogens is 1. The molecule has 0 atom stereocenters. The zero-order valence-electron chi connectivity index (χ0n) is 15.4. The van der Waals surface area contributed by atoms with E-state index in [-0.39, 0.29) is 24.0 Å². The minimum atomic E-state index is 0. The molecular weight excluding hydrogens is 429 g/mol. The third kappa shape index (κ3) is 8.24. The van der Waals surface area contributed by atoms with E-state index < -0.39 is 0 Å². The molecule has 0 spiro atoms. The van der Waals surface area contributed by atoms with Gasteiger partial charge in [-0.05, 0) is 25.1 Å². The second-order valence-electron chi connectivity index (χ2n) is 5.94. The summed E-state index contributed by atoms with van der Waals surface area (Å²) in [5.74, 6) is 0.848. The lowest BCUT2D eigenvalue weighted by molar-refractivity contribution is 0.203. The highest BCUT2D eigenvalue weighted by molar-refractivity contribution is 14.0. The second kappa shape index (κ2) is 13.2. The molecule has 1 aliphatic heterocycles. The third-order valence-electron chi connectivity index (χ3n) is 4.26. The molecule has 7 heteroatoms. The highest BCUT2D eigenvalue weighted by Gasteiger charge is 2.16. The van der Waals surface area contributed by atoms with Crippen LogP contribution in [0.25, 0.3) is 0 Å². The largest absolute Gasteiger partial charge is 0.383 e. The van der Waals surface area contributed by atoms with Gasteiger partial charge in [0, 0.05) is 59.1 Å². The summed E-state index contributed by atoms with van der Waals surface area (Å²) in [6.45, 7) is 8.01. The van der Waals surface area contributed by atoms with Crippen molar-refractivity contribution < 1.29 is 4.74 Å². The van der Waals surface area contributed by atoms with E-state index in [0.717, 1.165) is 58.2 Å². The van der Waals surface area contributed by atoms with E-state index in [1.165, 1.54) is 5.69 Å². The maximum absolute atomic E-state index is 5.03. The molecule has 0 amide bonds. The molecule has 0 aromatic heterocycles. The Balaban J connectivity index is 0.00000312. The molecule has 1 saturated heterocycles. The van der Waals surface area contributed by atoms with Crippen molar-refractivity contribution in [3.63, 3.8) is 0 Å². The number of hydrogen-bond acceptors (Lipinski definition) is 4. The molecule has 2 rings (SSSR count). The molecule has 25 heavy (non-hydrogen) atoms. The third-order valence-corrected chi connectivity index (χ3v) is 4.26. The Labute approximate surface area is 169 Å². The van der Waals surface area contributed by atoms with Gasteiger partial charge in [0.25, 0.3) is 0 Å². The van der Waals surface area contributed by atoms with E-state index in [2.05, 4.69) is 55.8 Å². The van der Waals surface area contributed by atoms with Crippen LogP contribution in [0.3, 0.4) is 0 Å². The van der Waals surface area contributed by atoms with Crippen LogP contribution in [0, 0.1) is 0 Å². The molecule has 6 nitrogen and oxygen atoms in total. The summed E-state index contributed by atoms with van der Waals surface area (Å²) >= 11 is 0. The number of methoxy groups -OCH3 is 1. The van der Waals surface area contributed by atoms with Crippen molar-refractivity contribution in [3.05, 3.63) is 30.3 Å². The van der Waals surface area contributed by atoms with E-state index in [1.54, 1.807) is 14.2 Å². The molecule has 0 radical (unpaired) electrons. The normalized spacial score (nSPS) is 15.6. The number of guanidine groups is 1. The SMILES string of the molecule is CN=C(NCCCN1CCN(c2ccccc2)CC1)NCCOC.I. The zero-order chi connectivity index (χ0) is 17.0. The van der Waals surface area contributed by atoms with Crippen molar-refractivity contribution >= 4 is 35.6 Å². The molecule has 0 bridgehead atoms. The minimum absolute atomic E-state index is 0. The van der Waals surface area contributed by atoms with E-state index >= 15 is 0 Å². The van der Waals surface area contributed by atoms with Crippen molar-refractivity contribution in [3.8, 4) is 0 Å². The predicted octanol–water partition coefficient (Wildman–Crippen LogP) is 1.63. The number of aliphatic imine (C=N–C) groups is 1. The summed E-state index contributed by atoms with van der Waals surface area (Å²) in [6, 6.07) is 10.7. The van der Waals surface area contributed by atoms with Gasteiger partial charge in [-0.2, -0.15) is 0 Å². The van der Waals surface area contributed by atoms with Gasteiger partial charge < -0.3 is 20.3 Å². The smallest absolute Gasteiger partial charge is 0.191 e. The van der Waals surface area contributed by atoms with Gasteiger partial charge in [0.1, 0.15) is 0 Å². The van der Waals surface area contributed by atoms with Gasteiger partial charge in [-0.25, -0.2) is 0 Å². The first-order valence-corrected chi connectivity index (χ1v) is 8.79. The number of hydrogen-bond donors (Lipinski definition) is 2. The van der Waals surface area contributed by atoms with Crippen LogP contribution >= 0.6 is 24.0 Å². The fourth-order valence-electron chi connectivity index (χ4n) is 2.87. The average Bonchev–Trinajstić information content (AvgIpc) is 2.65. The van der Waals surface area contributed by atoms with Gasteiger partial charge in [0.15, 0.2) is 5.96 Å². The highest BCUT2D eigenvalue weighted by Crippen LogP contribution is 2.15. The van der Waals surface area contributed by atoms with Crippen LogP contribution in [0.5, 0.6) is 0 Å².